The number of unbranched alkanes of at least 4 members (excludes halogenated alkanes) is 1. The summed E-state index contributed by atoms with van der Waals surface area (Å²) in [6.45, 7) is 2.29. The van der Waals surface area contributed by atoms with Crippen molar-refractivity contribution in [1.29, 1.82) is 5.26 Å². The molecule has 0 unspecified atom stereocenters. The molecular formula is C9H15N2. The van der Waals surface area contributed by atoms with E-state index in [-0.39, 0.29) is 0 Å². The van der Waals surface area contributed by atoms with E-state index in [9.17, 15) is 0 Å². The molecule has 2 nitrogen and oxygen atoms in total. The lowest BCUT2D eigenvalue weighted by Crippen LogP contribution is -2.27. The third-order valence-electron chi connectivity index (χ3n) is 2.14. The van der Waals surface area contributed by atoms with Crippen molar-refractivity contribution in [2.24, 2.45) is 5.92 Å². The molecule has 1 rings (SSSR count). The van der Waals surface area contributed by atoms with Gasteiger partial charge in [0.25, 0.3) is 0 Å². The van der Waals surface area contributed by atoms with E-state index in [1.165, 1.54) is 12.8 Å². The summed E-state index contributed by atoms with van der Waals surface area (Å²) >= 11 is 0. The Bertz CT molecular complexity index is 131. The SMILES string of the molecule is N#CCC[CH]C1CCNCC1. The molecule has 1 radical (unpaired) electrons. The Balaban J connectivity index is 2.01. The molecule has 0 spiro atoms. The third kappa shape index (κ3) is 3.38. The summed E-state index contributed by atoms with van der Waals surface area (Å²) in [5, 5.41) is 11.6. The number of hydrogen-bond acceptors (Lipinski definition) is 2. The fraction of sp³-hybridized carbons (Fsp3) is 0.778. The summed E-state index contributed by atoms with van der Waals surface area (Å²) in [4.78, 5) is 0. The van der Waals surface area contributed by atoms with E-state index in [2.05, 4.69) is 17.8 Å². The summed E-state index contributed by atoms with van der Waals surface area (Å²) < 4.78 is 0. The fourth-order valence-electron chi connectivity index (χ4n) is 1.46. The van der Waals surface area contributed by atoms with Crippen LogP contribution in [0.3, 0.4) is 0 Å². The molecule has 0 bridgehead atoms. The molecule has 1 aliphatic heterocycles. The van der Waals surface area contributed by atoms with Crippen molar-refractivity contribution in [3.05, 3.63) is 6.42 Å². The third-order valence-corrected chi connectivity index (χ3v) is 2.14. The first-order chi connectivity index (χ1) is 5.43. The lowest BCUT2D eigenvalue weighted by atomic mass is 9.93. The highest BCUT2D eigenvalue weighted by atomic mass is 14.9. The zero-order valence-electron chi connectivity index (χ0n) is 6.84. The zero-order chi connectivity index (χ0) is 7.94. The Hall–Kier alpha value is -0.550. The summed E-state index contributed by atoms with van der Waals surface area (Å²) in [6, 6.07) is 2.16. The van der Waals surface area contributed by atoms with Gasteiger partial charge in [0.1, 0.15) is 0 Å². The maximum absolute atomic E-state index is 8.31. The quantitative estimate of drug-likeness (QED) is 0.620. The van der Waals surface area contributed by atoms with Gasteiger partial charge in [-0.3, -0.25) is 0 Å². The van der Waals surface area contributed by atoms with Crippen LogP contribution < -0.4 is 5.32 Å². The lowest BCUT2D eigenvalue weighted by Gasteiger charge is -2.21. The second-order valence-electron chi connectivity index (χ2n) is 3.02. The summed E-state index contributed by atoms with van der Waals surface area (Å²) in [6.07, 6.45) is 6.48. The molecule has 0 aliphatic carbocycles. The van der Waals surface area contributed by atoms with Crippen LogP contribution in [0.25, 0.3) is 0 Å². The summed E-state index contributed by atoms with van der Waals surface area (Å²) in [7, 11) is 0. The van der Waals surface area contributed by atoms with Crippen molar-refractivity contribution >= 4 is 0 Å². The molecule has 61 valence electrons. The number of piperidine rings is 1. The minimum atomic E-state index is 0.684. The first kappa shape index (κ1) is 8.55. The van der Waals surface area contributed by atoms with Crippen molar-refractivity contribution in [3.63, 3.8) is 0 Å². The van der Waals surface area contributed by atoms with Crippen molar-refractivity contribution in [1.82, 2.24) is 5.32 Å². The van der Waals surface area contributed by atoms with E-state index < -0.39 is 0 Å². The molecule has 0 aromatic heterocycles. The topological polar surface area (TPSA) is 35.8 Å². The molecule has 1 N–H and O–H groups in total. The van der Waals surface area contributed by atoms with Gasteiger partial charge in [0.15, 0.2) is 0 Å². The standard InChI is InChI=1S/C9H15N2/c10-6-2-1-3-9-4-7-11-8-5-9/h3,9,11H,1-2,4-5,7-8H2. The molecule has 0 aromatic rings. The maximum Gasteiger partial charge on any atom is 0.0621 e. The molecule has 0 atom stereocenters. The van der Waals surface area contributed by atoms with Gasteiger partial charge < -0.3 is 5.32 Å². The molecule has 0 aromatic carbocycles. The normalized spacial score (nSPS) is 19.5. The first-order valence-corrected chi connectivity index (χ1v) is 4.34. The molecule has 11 heavy (non-hydrogen) atoms. The van der Waals surface area contributed by atoms with Crippen LogP contribution in [0.15, 0.2) is 0 Å². The van der Waals surface area contributed by atoms with Crippen LogP contribution in [0.5, 0.6) is 0 Å². The van der Waals surface area contributed by atoms with Gasteiger partial charge >= 0.3 is 0 Å². The minimum absolute atomic E-state index is 0.684. The van der Waals surface area contributed by atoms with Gasteiger partial charge in [-0.05, 0) is 44.7 Å². The number of nitrogens with one attached hydrogen (secondary N) is 1. The lowest BCUT2D eigenvalue weighted by molar-refractivity contribution is 0.407. The summed E-state index contributed by atoms with van der Waals surface area (Å²) in [5.74, 6) is 0.768. The van der Waals surface area contributed by atoms with Crippen LogP contribution in [0.4, 0.5) is 0 Å². The predicted octanol–water partition coefficient (Wildman–Crippen LogP) is 1.49. The Morgan fingerprint density at radius 1 is 1.45 bits per heavy atom. The molecule has 1 fully saturated rings. The molecule has 1 heterocycles. The Kier molecular flexibility index (Phi) is 4.00. The number of nitrogens with zero attached hydrogens (tertiary/aromatic N) is 1. The highest BCUT2D eigenvalue weighted by molar-refractivity contribution is 4.84. The van der Waals surface area contributed by atoms with E-state index in [0.29, 0.717) is 6.42 Å². The van der Waals surface area contributed by atoms with E-state index in [1.807, 2.05) is 0 Å². The molecule has 2 heteroatoms. The van der Waals surface area contributed by atoms with Gasteiger partial charge in [0.2, 0.25) is 0 Å². The molecule has 0 amide bonds. The van der Waals surface area contributed by atoms with Crippen molar-refractivity contribution in [2.75, 3.05) is 13.1 Å². The predicted molar refractivity (Wildman–Crippen MR) is 44.7 cm³/mol. The molecule has 0 saturated carbocycles. The first-order valence-electron chi connectivity index (χ1n) is 4.34. The average molecular weight is 151 g/mol. The van der Waals surface area contributed by atoms with Crippen LogP contribution in [-0.4, -0.2) is 13.1 Å². The maximum atomic E-state index is 8.31. The van der Waals surface area contributed by atoms with Crippen LogP contribution in [0.2, 0.25) is 0 Å². The molecule has 1 saturated heterocycles. The smallest absolute Gasteiger partial charge is 0.0621 e. The minimum Gasteiger partial charge on any atom is -0.317 e. The number of rotatable bonds is 3. The highest BCUT2D eigenvalue weighted by Gasteiger charge is 2.11. The van der Waals surface area contributed by atoms with Gasteiger partial charge in [-0.15, -0.1) is 0 Å². The highest BCUT2D eigenvalue weighted by Crippen LogP contribution is 2.16. The van der Waals surface area contributed by atoms with E-state index in [4.69, 9.17) is 5.26 Å². The second kappa shape index (κ2) is 5.15. The van der Waals surface area contributed by atoms with Crippen LogP contribution >= 0.6 is 0 Å². The van der Waals surface area contributed by atoms with E-state index in [1.54, 1.807) is 0 Å². The van der Waals surface area contributed by atoms with E-state index >= 15 is 0 Å². The van der Waals surface area contributed by atoms with Crippen molar-refractivity contribution < 1.29 is 0 Å². The Labute approximate surface area is 68.6 Å². The summed E-state index contributed by atoms with van der Waals surface area (Å²) in [5.41, 5.74) is 0. The molecule has 1 aliphatic rings. The van der Waals surface area contributed by atoms with Crippen LogP contribution in [0.1, 0.15) is 25.7 Å². The van der Waals surface area contributed by atoms with Crippen LogP contribution in [-0.2, 0) is 0 Å². The largest absolute Gasteiger partial charge is 0.317 e. The van der Waals surface area contributed by atoms with Gasteiger partial charge in [-0.2, -0.15) is 5.26 Å². The monoisotopic (exact) mass is 151 g/mol. The zero-order valence-corrected chi connectivity index (χ0v) is 6.84. The number of nitriles is 1. The Morgan fingerprint density at radius 3 is 2.82 bits per heavy atom. The molecular weight excluding hydrogens is 136 g/mol. The van der Waals surface area contributed by atoms with Crippen molar-refractivity contribution in [3.8, 4) is 6.07 Å². The second-order valence-corrected chi connectivity index (χ2v) is 3.02. The van der Waals surface area contributed by atoms with Gasteiger partial charge in [0.05, 0.1) is 6.07 Å². The van der Waals surface area contributed by atoms with Crippen molar-refractivity contribution in [2.45, 2.75) is 25.7 Å². The van der Waals surface area contributed by atoms with Crippen LogP contribution in [0, 0.1) is 23.7 Å². The van der Waals surface area contributed by atoms with Gasteiger partial charge in [-0.1, -0.05) is 0 Å². The van der Waals surface area contributed by atoms with Gasteiger partial charge in [0, 0.05) is 6.42 Å². The average Bonchev–Trinajstić information content (AvgIpc) is 2.07. The van der Waals surface area contributed by atoms with Gasteiger partial charge in [-0.25, -0.2) is 0 Å². The number of hydrogen-bond donors (Lipinski definition) is 1. The van der Waals surface area contributed by atoms with E-state index in [0.717, 1.165) is 25.4 Å². The Morgan fingerprint density at radius 2 is 2.18 bits per heavy atom. The fourth-order valence-corrected chi connectivity index (χ4v) is 1.46.